The van der Waals surface area contributed by atoms with Gasteiger partial charge < -0.3 is 24.3 Å². The fourth-order valence-electron chi connectivity index (χ4n) is 2.57. The third-order valence-corrected chi connectivity index (χ3v) is 3.90. The molecule has 0 spiro atoms. The van der Waals surface area contributed by atoms with Gasteiger partial charge in [-0.2, -0.15) is 0 Å². The molecule has 7 heteroatoms. The first-order valence-corrected chi connectivity index (χ1v) is 8.10. The molecule has 1 aromatic heterocycles. The molecule has 3 rings (SSSR count). The highest BCUT2D eigenvalue weighted by Gasteiger charge is 2.18. The lowest BCUT2D eigenvalue weighted by Gasteiger charge is -2.23. The van der Waals surface area contributed by atoms with Gasteiger partial charge >= 0.3 is 5.97 Å². The largest absolute Gasteiger partial charge is 0.489 e. The number of benzene rings is 1. The molecular weight excluding hydrogens is 326 g/mol. The lowest BCUT2D eigenvalue weighted by Crippen LogP contribution is -2.26. The lowest BCUT2D eigenvalue weighted by molar-refractivity contribution is -0.0109. The van der Waals surface area contributed by atoms with Gasteiger partial charge in [0.2, 0.25) is 0 Å². The van der Waals surface area contributed by atoms with Gasteiger partial charge in [-0.3, -0.25) is 4.79 Å². The number of ether oxygens (including phenoxy) is 2. The number of furan rings is 1. The number of anilines is 1. The van der Waals surface area contributed by atoms with Gasteiger partial charge in [-0.05, 0) is 31.4 Å². The van der Waals surface area contributed by atoms with Crippen LogP contribution in [-0.2, 0) is 4.74 Å². The maximum absolute atomic E-state index is 12.2. The third kappa shape index (κ3) is 4.39. The van der Waals surface area contributed by atoms with E-state index in [1.54, 1.807) is 18.2 Å². The van der Waals surface area contributed by atoms with Crippen molar-refractivity contribution in [2.45, 2.75) is 25.4 Å². The third-order valence-electron chi connectivity index (χ3n) is 3.90. The average Bonchev–Trinajstić information content (AvgIpc) is 3.12. The highest BCUT2D eigenvalue weighted by Crippen LogP contribution is 2.26. The topological polar surface area (TPSA) is 98.0 Å². The van der Waals surface area contributed by atoms with E-state index < -0.39 is 11.9 Å². The highest BCUT2D eigenvalue weighted by atomic mass is 16.5. The Morgan fingerprint density at radius 1 is 1.28 bits per heavy atom. The Balaban J connectivity index is 1.65. The summed E-state index contributed by atoms with van der Waals surface area (Å²) < 4.78 is 16.4. The Bertz CT molecular complexity index is 748. The maximum atomic E-state index is 12.2. The first kappa shape index (κ1) is 17.0. The summed E-state index contributed by atoms with van der Waals surface area (Å²) >= 11 is 0. The number of nitrogens with one attached hydrogen (secondary N) is 1. The second-order valence-electron chi connectivity index (χ2n) is 5.75. The van der Waals surface area contributed by atoms with Gasteiger partial charge in [-0.1, -0.05) is 12.1 Å². The molecule has 2 aromatic rings. The van der Waals surface area contributed by atoms with Crippen molar-refractivity contribution in [2.75, 3.05) is 18.5 Å². The molecule has 0 radical (unpaired) electrons. The molecule has 2 heterocycles. The Morgan fingerprint density at radius 3 is 2.84 bits per heavy atom. The Morgan fingerprint density at radius 2 is 2.12 bits per heavy atom. The zero-order valence-electron chi connectivity index (χ0n) is 13.6. The minimum absolute atomic E-state index is 0.0562. The van der Waals surface area contributed by atoms with Crippen LogP contribution in [0.4, 0.5) is 5.69 Å². The number of aromatic carboxylic acids is 1. The van der Waals surface area contributed by atoms with Crippen molar-refractivity contribution in [2.24, 2.45) is 0 Å². The molecule has 1 unspecified atom stereocenters. The molecule has 7 nitrogen and oxygen atoms in total. The minimum Gasteiger partial charge on any atom is -0.489 e. The highest BCUT2D eigenvalue weighted by molar-refractivity contribution is 6.04. The first-order chi connectivity index (χ1) is 12.1. The average molecular weight is 345 g/mol. The molecule has 0 aliphatic carbocycles. The molecule has 2 N–H and O–H groups in total. The van der Waals surface area contributed by atoms with E-state index in [1.165, 1.54) is 6.07 Å². The van der Waals surface area contributed by atoms with Crippen molar-refractivity contribution < 1.29 is 28.6 Å². The normalized spacial score (nSPS) is 17.0. The van der Waals surface area contributed by atoms with Gasteiger partial charge in [0, 0.05) is 12.7 Å². The zero-order valence-corrected chi connectivity index (χ0v) is 13.6. The quantitative estimate of drug-likeness (QED) is 0.834. The van der Waals surface area contributed by atoms with Gasteiger partial charge in [0.05, 0.1) is 17.4 Å². The van der Waals surface area contributed by atoms with Crippen LogP contribution in [0, 0.1) is 0 Å². The summed E-state index contributed by atoms with van der Waals surface area (Å²) in [6, 6.07) is 8.21. The number of hydrogen-bond acceptors (Lipinski definition) is 5. The van der Waals surface area contributed by atoms with E-state index in [2.05, 4.69) is 5.32 Å². The molecule has 1 aromatic carbocycles. The number of hydrogen-bond donors (Lipinski definition) is 2. The van der Waals surface area contributed by atoms with Crippen molar-refractivity contribution in [1.29, 1.82) is 0 Å². The first-order valence-electron chi connectivity index (χ1n) is 8.10. The summed E-state index contributed by atoms with van der Waals surface area (Å²) in [6.07, 6.45) is 4.24. The van der Waals surface area contributed by atoms with Crippen LogP contribution in [0.25, 0.3) is 0 Å². The van der Waals surface area contributed by atoms with E-state index in [1.807, 2.05) is 6.07 Å². The predicted molar refractivity (Wildman–Crippen MR) is 89.1 cm³/mol. The summed E-state index contributed by atoms with van der Waals surface area (Å²) in [7, 11) is 0. The van der Waals surface area contributed by atoms with E-state index in [0.717, 1.165) is 32.1 Å². The molecule has 0 bridgehead atoms. The number of carbonyl (C=O) groups is 2. The van der Waals surface area contributed by atoms with Crippen molar-refractivity contribution in [1.82, 2.24) is 0 Å². The SMILES string of the molecule is O=C(O)c1coc(C(=O)Nc2ccccc2OCC2CCCCO2)c1. The van der Waals surface area contributed by atoms with Crippen molar-refractivity contribution in [3.8, 4) is 5.75 Å². The van der Waals surface area contributed by atoms with Gasteiger partial charge in [0.25, 0.3) is 5.91 Å². The van der Waals surface area contributed by atoms with E-state index in [4.69, 9.17) is 19.0 Å². The molecule has 1 aliphatic heterocycles. The van der Waals surface area contributed by atoms with Gasteiger partial charge in [0.1, 0.15) is 18.6 Å². The van der Waals surface area contributed by atoms with Gasteiger partial charge in [0.15, 0.2) is 5.76 Å². The van der Waals surface area contributed by atoms with E-state index in [9.17, 15) is 9.59 Å². The predicted octanol–water partition coefficient (Wildman–Crippen LogP) is 3.18. The number of para-hydroxylation sites is 2. The van der Waals surface area contributed by atoms with Crippen LogP contribution in [0.3, 0.4) is 0 Å². The van der Waals surface area contributed by atoms with E-state index >= 15 is 0 Å². The van der Waals surface area contributed by atoms with Crippen LogP contribution in [0.1, 0.15) is 40.2 Å². The number of amides is 1. The van der Waals surface area contributed by atoms with Crippen LogP contribution in [-0.4, -0.2) is 36.3 Å². The number of rotatable bonds is 6. The Kier molecular flexibility index (Phi) is 5.35. The molecule has 132 valence electrons. The van der Waals surface area contributed by atoms with Gasteiger partial charge in [-0.25, -0.2) is 4.79 Å². The Hall–Kier alpha value is -2.80. The fourth-order valence-corrected chi connectivity index (χ4v) is 2.57. The number of carbonyl (C=O) groups excluding carboxylic acids is 1. The summed E-state index contributed by atoms with van der Waals surface area (Å²) in [5, 5.41) is 11.6. The molecule has 0 saturated carbocycles. The molecule has 1 aliphatic rings. The zero-order chi connectivity index (χ0) is 17.6. The van der Waals surface area contributed by atoms with Crippen molar-refractivity contribution >= 4 is 17.6 Å². The van der Waals surface area contributed by atoms with Crippen molar-refractivity contribution in [3.63, 3.8) is 0 Å². The molecular formula is C18H19NO6. The van der Waals surface area contributed by atoms with Crippen molar-refractivity contribution in [3.05, 3.63) is 47.9 Å². The summed E-state index contributed by atoms with van der Waals surface area (Å²) in [6.45, 7) is 1.16. The number of carboxylic acids is 1. The monoisotopic (exact) mass is 345 g/mol. The van der Waals surface area contributed by atoms with Crippen LogP contribution in [0.5, 0.6) is 5.75 Å². The fraction of sp³-hybridized carbons (Fsp3) is 0.333. The van der Waals surface area contributed by atoms with Crippen LogP contribution in [0.2, 0.25) is 0 Å². The molecule has 25 heavy (non-hydrogen) atoms. The molecule has 1 atom stereocenters. The minimum atomic E-state index is -1.15. The standard InChI is InChI=1S/C18H19NO6/c20-17(16-9-12(10-24-16)18(21)22)19-14-6-1-2-7-15(14)25-11-13-5-3-4-8-23-13/h1-2,6-7,9-10,13H,3-5,8,11H2,(H,19,20)(H,21,22). The van der Waals surface area contributed by atoms with Crippen LogP contribution < -0.4 is 10.1 Å². The van der Waals surface area contributed by atoms with Crippen LogP contribution in [0.15, 0.2) is 41.0 Å². The Labute approximate surface area is 144 Å². The maximum Gasteiger partial charge on any atom is 0.338 e. The second kappa shape index (κ2) is 7.85. The number of carboxylic acid groups (broad SMARTS) is 1. The molecule has 1 fully saturated rings. The second-order valence-corrected chi connectivity index (χ2v) is 5.75. The summed E-state index contributed by atoms with van der Waals surface area (Å²) in [5.41, 5.74) is 0.403. The molecule has 1 saturated heterocycles. The van der Waals surface area contributed by atoms with E-state index in [-0.39, 0.29) is 17.4 Å². The van der Waals surface area contributed by atoms with E-state index in [0.29, 0.717) is 18.0 Å². The van der Waals surface area contributed by atoms with Gasteiger partial charge in [-0.15, -0.1) is 0 Å². The smallest absolute Gasteiger partial charge is 0.338 e. The summed E-state index contributed by atoms with van der Waals surface area (Å²) in [4.78, 5) is 23.1. The lowest BCUT2D eigenvalue weighted by atomic mass is 10.1. The van der Waals surface area contributed by atoms with Crippen LogP contribution >= 0.6 is 0 Å². The molecule has 1 amide bonds. The summed E-state index contributed by atoms with van der Waals surface area (Å²) in [5.74, 6) is -1.26.